The Morgan fingerprint density at radius 3 is 2.59 bits per heavy atom. The second kappa shape index (κ2) is 6.02. The maximum Gasteiger partial charge on any atom is 0.202 e. The summed E-state index contributed by atoms with van der Waals surface area (Å²) in [6, 6.07) is 13.4. The first-order chi connectivity index (χ1) is 10.7. The lowest BCUT2D eigenvalue weighted by Crippen LogP contribution is -2.11. The van der Waals surface area contributed by atoms with Crippen LogP contribution in [-0.4, -0.2) is 17.0 Å². The lowest BCUT2D eigenvalue weighted by molar-refractivity contribution is 0.0923. The molecule has 0 bridgehead atoms. The zero-order valence-corrected chi connectivity index (χ0v) is 12.3. The molecule has 0 saturated heterocycles. The molecule has 0 N–H and O–H groups in total. The highest BCUT2D eigenvalue weighted by Crippen LogP contribution is 2.22. The van der Waals surface area contributed by atoms with Crippen molar-refractivity contribution < 1.29 is 13.9 Å². The van der Waals surface area contributed by atoms with E-state index in [1.165, 1.54) is 24.3 Å². The van der Waals surface area contributed by atoms with Gasteiger partial charge in [0.15, 0.2) is 6.61 Å². The number of ketones is 1. The maximum absolute atomic E-state index is 12.8. The summed E-state index contributed by atoms with van der Waals surface area (Å²) in [5, 5.41) is 0.928. The Morgan fingerprint density at radius 2 is 1.86 bits per heavy atom. The van der Waals surface area contributed by atoms with Crippen LogP contribution in [0.15, 0.2) is 54.7 Å². The highest BCUT2D eigenvalue weighted by Gasteiger charge is 2.14. The van der Waals surface area contributed by atoms with Crippen LogP contribution in [0.4, 0.5) is 4.39 Å². The number of ether oxygens (including phenoxy) is 1. The van der Waals surface area contributed by atoms with Crippen molar-refractivity contribution in [3.8, 4) is 5.75 Å². The average Bonchev–Trinajstić information content (AvgIpc) is 2.93. The number of carbonyl (C=O) groups excluding carboxylic acids is 1. The van der Waals surface area contributed by atoms with Gasteiger partial charge in [0.25, 0.3) is 0 Å². The number of nitrogens with zero attached hydrogens (tertiary/aromatic N) is 1. The van der Waals surface area contributed by atoms with Crippen molar-refractivity contribution in [3.63, 3.8) is 0 Å². The Bertz CT molecular complexity index is 806. The molecule has 3 nitrogen and oxygen atoms in total. The fourth-order valence-corrected chi connectivity index (χ4v) is 2.49. The van der Waals surface area contributed by atoms with E-state index in [0.29, 0.717) is 11.3 Å². The summed E-state index contributed by atoms with van der Waals surface area (Å²) in [5.41, 5.74) is 1.69. The molecule has 3 aromatic rings. The molecular formula is C18H16FNO2. The first kappa shape index (κ1) is 14.3. The van der Waals surface area contributed by atoms with Crippen molar-refractivity contribution in [1.29, 1.82) is 0 Å². The lowest BCUT2D eigenvalue weighted by Gasteiger charge is -2.04. The minimum atomic E-state index is -0.329. The van der Waals surface area contributed by atoms with Crippen molar-refractivity contribution in [2.24, 2.45) is 0 Å². The summed E-state index contributed by atoms with van der Waals surface area (Å²) in [6.07, 6.45) is 1.86. The number of Topliss-reactive ketones (excluding diaryl/α,β-unsaturated/α-hetero) is 1. The van der Waals surface area contributed by atoms with Crippen molar-refractivity contribution in [2.45, 2.75) is 13.5 Å². The molecule has 0 saturated carbocycles. The number of aryl methyl sites for hydroxylation is 1. The number of aromatic nitrogens is 1. The number of carbonyl (C=O) groups is 1. The smallest absolute Gasteiger partial charge is 0.202 e. The van der Waals surface area contributed by atoms with Gasteiger partial charge in [0.2, 0.25) is 5.78 Å². The molecular weight excluding hydrogens is 281 g/mol. The number of hydrogen-bond donors (Lipinski definition) is 0. The average molecular weight is 297 g/mol. The van der Waals surface area contributed by atoms with E-state index in [4.69, 9.17) is 4.74 Å². The first-order valence-electron chi connectivity index (χ1n) is 7.18. The van der Waals surface area contributed by atoms with Crippen molar-refractivity contribution in [3.05, 3.63) is 66.1 Å². The topological polar surface area (TPSA) is 31.2 Å². The maximum atomic E-state index is 12.8. The number of benzene rings is 2. The molecule has 3 rings (SSSR count). The van der Waals surface area contributed by atoms with Crippen LogP contribution < -0.4 is 4.74 Å². The zero-order valence-electron chi connectivity index (χ0n) is 12.3. The molecule has 4 heteroatoms. The van der Waals surface area contributed by atoms with Gasteiger partial charge in [-0.3, -0.25) is 4.79 Å². The van der Waals surface area contributed by atoms with E-state index in [2.05, 4.69) is 0 Å². The molecule has 0 spiro atoms. The fourth-order valence-electron chi connectivity index (χ4n) is 2.49. The molecule has 1 heterocycles. The Kier molecular flexibility index (Phi) is 3.92. The van der Waals surface area contributed by atoms with Crippen molar-refractivity contribution >= 4 is 16.7 Å². The van der Waals surface area contributed by atoms with Gasteiger partial charge in [-0.2, -0.15) is 0 Å². The molecule has 0 aliphatic rings. The largest absolute Gasteiger partial charge is 0.485 e. The van der Waals surface area contributed by atoms with Gasteiger partial charge in [-0.15, -0.1) is 0 Å². The normalized spacial score (nSPS) is 10.8. The van der Waals surface area contributed by atoms with E-state index in [9.17, 15) is 9.18 Å². The van der Waals surface area contributed by atoms with E-state index in [0.717, 1.165) is 17.4 Å². The van der Waals surface area contributed by atoms with Gasteiger partial charge in [-0.25, -0.2) is 4.39 Å². The summed E-state index contributed by atoms with van der Waals surface area (Å²) >= 11 is 0. The van der Waals surface area contributed by atoms with Gasteiger partial charge >= 0.3 is 0 Å². The molecule has 0 aliphatic carbocycles. The second-order valence-electron chi connectivity index (χ2n) is 5.01. The molecule has 0 atom stereocenters. The molecule has 0 unspecified atom stereocenters. The van der Waals surface area contributed by atoms with E-state index in [1.54, 1.807) is 0 Å². The molecule has 1 aromatic heterocycles. The van der Waals surface area contributed by atoms with E-state index in [-0.39, 0.29) is 18.2 Å². The summed E-state index contributed by atoms with van der Waals surface area (Å²) in [6.45, 7) is 2.77. The standard InChI is InChI=1S/C18H16FNO2/c1-2-20-11-16(15-5-3-4-6-17(15)20)18(21)12-22-14-9-7-13(19)8-10-14/h3-11H,2,12H2,1H3. The summed E-state index contributed by atoms with van der Waals surface area (Å²) in [7, 11) is 0. The van der Waals surface area contributed by atoms with Crippen LogP contribution in [0.5, 0.6) is 5.75 Å². The van der Waals surface area contributed by atoms with Crippen LogP contribution >= 0.6 is 0 Å². The Labute approximate surface area is 127 Å². The third-order valence-corrected chi connectivity index (χ3v) is 3.61. The predicted octanol–water partition coefficient (Wildman–Crippen LogP) is 4.06. The van der Waals surface area contributed by atoms with Crippen LogP contribution in [-0.2, 0) is 6.54 Å². The quantitative estimate of drug-likeness (QED) is 0.665. The molecule has 22 heavy (non-hydrogen) atoms. The molecule has 0 fully saturated rings. The van der Waals surface area contributed by atoms with Gasteiger partial charge < -0.3 is 9.30 Å². The third kappa shape index (κ3) is 2.72. The van der Waals surface area contributed by atoms with Gasteiger partial charge in [0, 0.05) is 29.2 Å². The Morgan fingerprint density at radius 1 is 1.14 bits per heavy atom. The van der Waals surface area contributed by atoms with Crippen LogP contribution in [0.25, 0.3) is 10.9 Å². The summed E-state index contributed by atoms with van der Waals surface area (Å²) < 4.78 is 20.3. The van der Waals surface area contributed by atoms with Crippen molar-refractivity contribution in [1.82, 2.24) is 4.57 Å². The molecule has 0 amide bonds. The fraction of sp³-hybridized carbons (Fsp3) is 0.167. The van der Waals surface area contributed by atoms with Gasteiger partial charge in [0.05, 0.1) is 0 Å². The highest BCUT2D eigenvalue weighted by atomic mass is 19.1. The minimum absolute atomic E-state index is 0.0661. The SMILES string of the molecule is CCn1cc(C(=O)COc2ccc(F)cc2)c2ccccc21. The third-order valence-electron chi connectivity index (χ3n) is 3.61. The predicted molar refractivity (Wildman–Crippen MR) is 83.8 cm³/mol. The first-order valence-corrected chi connectivity index (χ1v) is 7.18. The zero-order chi connectivity index (χ0) is 15.5. The van der Waals surface area contributed by atoms with E-state index < -0.39 is 0 Å². The Hall–Kier alpha value is -2.62. The number of para-hydroxylation sites is 1. The van der Waals surface area contributed by atoms with Crippen molar-refractivity contribution in [2.75, 3.05) is 6.61 Å². The van der Waals surface area contributed by atoms with Crippen LogP contribution in [0, 0.1) is 5.82 Å². The molecule has 112 valence electrons. The number of rotatable bonds is 5. The summed E-state index contributed by atoms with van der Waals surface area (Å²) in [5.74, 6) is 0.0615. The highest BCUT2D eigenvalue weighted by molar-refractivity contribution is 6.08. The second-order valence-corrected chi connectivity index (χ2v) is 5.01. The molecule has 2 aromatic carbocycles. The van der Waals surface area contributed by atoms with Gasteiger partial charge in [0.1, 0.15) is 11.6 Å². The van der Waals surface area contributed by atoms with Crippen LogP contribution in [0.3, 0.4) is 0 Å². The lowest BCUT2D eigenvalue weighted by atomic mass is 10.1. The molecule has 0 aliphatic heterocycles. The number of fused-ring (bicyclic) bond motifs is 1. The van der Waals surface area contributed by atoms with Gasteiger partial charge in [-0.05, 0) is 37.3 Å². The van der Waals surface area contributed by atoms with E-state index in [1.807, 2.05) is 42.0 Å². The van der Waals surface area contributed by atoms with E-state index >= 15 is 0 Å². The van der Waals surface area contributed by atoms with Gasteiger partial charge in [-0.1, -0.05) is 18.2 Å². The number of hydrogen-bond acceptors (Lipinski definition) is 2. The van der Waals surface area contributed by atoms with Crippen LogP contribution in [0.1, 0.15) is 17.3 Å². The molecule has 0 radical (unpaired) electrons. The minimum Gasteiger partial charge on any atom is -0.485 e. The monoisotopic (exact) mass is 297 g/mol. The number of halogens is 1. The Balaban J connectivity index is 1.82. The summed E-state index contributed by atoms with van der Waals surface area (Å²) in [4.78, 5) is 12.4. The van der Waals surface area contributed by atoms with Crippen LogP contribution in [0.2, 0.25) is 0 Å².